The SMILES string of the molecule is CON=C1COc2cc(N3C[C@H](C(N)=O)OC3=O)ccc2N1C(C)(C)C. The first kappa shape index (κ1) is 17.8. The van der Waals surface area contributed by atoms with Gasteiger partial charge in [-0.3, -0.25) is 9.69 Å². The van der Waals surface area contributed by atoms with E-state index in [1.807, 2.05) is 11.0 Å². The van der Waals surface area contributed by atoms with E-state index in [1.54, 1.807) is 12.1 Å². The Kier molecular flexibility index (Phi) is 4.39. The highest BCUT2D eigenvalue weighted by Gasteiger charge is 2.38. The number of anilines is 2. The normalized spacial score (nSPS) is 21.3. The highest BCUT2D eigenvalue weighted by molar-refractivity contribution is 6.03. The fourth-order valence-electron chi connectivity index (χ4n) is 3.06. The summed E-state index contributed by atoms with van der Waals surface area (Å²) in [6.07, 6.45) is -1.56. The van der Waals surface area contributed by atoms with Gasteiger partial charge in [0.05, 0.1) is 17.9 Å². The lowest BCUT2D eigenvalue weighted by Crippen LogP contribution is -2.50. The van der Waals surface area contributed by atoms with E-state index in [1.165, 1.54) is 12.0 Å². The number of rotatable bonds is 3. The van der Waals surface area contributed by atoms with Crippen LogP contribution in [0.5, 0.6) is 5.75 Å². The van der Waals surface area contributed by atoms with Gasteiger partial charge in [-0.05, 0) is 32.9 Å². The van der Waals surface area contributed by atoms with Crippen LogP contribution in [0.15, 0.2) is 23.4 Å². The topological polar surface area (TPSA) is 107 Å². The fraction of sp³-hybridized carbons (Fsp3) is 0.471. The molecule has 1 saturated heterocycles. The summed E-state index contributed by atoms with van der Waals surface area (Å²) in [7, 11) is 1.49. The van der Waals surface area contributed by atoms with Crippen LogP contribution < -0.4 is 20.3 Å². The summed E-state index contributed by atoms with van der Waals surface area (Å²) in [5.74, 6) is 0.576. The average molecular weight is 362 g/mol. The molecule has 1 aromatic rings. The zero-order chi connectivity index (χ0) is 19.1. The van der Waals surface area contributed by atoms with E-state index in [9.17, 15) is 9.59 Å². The molecule has 2 heterocycles. The second-order valence-electron chi connectivity index (χ2n) is 7.02. The predicted octanol–water partition coefficient (Wildman–Crippen LogP) is 1.45. The minimum absolute atomic E-state index is 0.0757. The van der Waals surface area contributed by atoms with Gasteiger partial charge in [0, 0.05) is 11.6 Å². The number of nitrogens with two attached hydrogens (primary N) is 1. The van der Waals surface area contributed by atoms with Crippen molar-refractivity contribution in [3.8, 4) is 5.75 Å². The third kappa shape index (κ3) is 3.12. The summed E-state index contributed by atoms with van der Waals surface area (Å²) in [4.78, 5) is 31.6. The number of carbonyl (C=O) groups is 2. The zero-order valence-corrected chi connectivity index (χ0v) is 15.2. The molecule has 0 aliphatic carbocycles. The van der Waals surface area contributed by atoms with Gasteiger partial charge in [-0.2, -0.15) is 0 Å². The van der Waals surface area contributed by atoms with Crippen molar-refractivity contribution in [2.24, 2.45) is 10.9 Å². The van der Waals surface area contributed by atoms with Crippen molar-refractivity contribution in [3.05, 3.63) is 18.2 Å². The molecule has 140 valence electrons. The Bertz CT molecular complexity index is 771. The molecule has 0 spiro atoms. The molecule has 26 heavy (non-hydrogen) atoms. The fourth-order valence-corrected chi connectivity index (χ4v) is 3.06. The molecular weight excluding hydrogens is 340 g/mol. The molecule has 3 rings (SSSR count). The molecule has 2 amide bonds. The van der Waals surface area contributed by atoms with Crippen molar-refractivity contribution in [3.63, 3.8) is 0 Å². The van der Waals surface area contributed by atoms with Gasteiger partial charge in [0.2, 0.25) is 0 Å². The van der Waals surface area contributed by atoms with Crippen LogP contribution in [0, 0.1) is 0 Å². The summed E-state index contributed by atoms with van der Waals surface area (Å²) in [6, 6.07) is 5.34. The maximum atomic E-state index is 12.0. The number of ether oxygens (including phenoxy) is 2. The molecular formula is C17H22N4O5. The Balaban J connectivity index is 1.96. The molecule has 2 aliphatic heterocycles. The first-order valence-corrected chi connectivity index (χ1v) is 8.17. The zero-order valence-electron chi connectivity index (χ0n) is 15.2. The third-order valence-electron chi connectivity index (χ3n) is 4.11. The first-order chi connectivity index (χ1) is 12.2. The van der Waals surface area contributed by atoms with E-state index in [-0.39, 0.29) is 18.7 Å². The number of primary amides is 1. The second-order valence-corrected chi connectivity index (χ2v) is 7.02. The number of cyclic esters (lactones) is 1. The lowest BCUT2D eigenvalue weighted by atomic mass is 10.0. The Morgan fingerprint density at radius 3 is 2.69 bits per heavy atom. The summed E-state index contributed by atoms with van der Waals surface area (Å²) < 4.78 is 10.8. The monoisotopic (exact) mass is 362 g/mol. The Morgan fingerprint density at radius 2 is 2.12 bits per heavy atom. The Hall–Kier alpha value is -2.97. The number of hydrogen-bond acceptors (Lipinski definition) is 6. The van der Waals surface area contributed by atoms with Gasteiger partial charge >= 0.3 is 6.09 Å². The lowest BCUT2D eigenvalue weighted by Gasteiger charge is -2.41. The van der Waals surface area contributed by atoms with E-state index in [0.717, 1.165) is 5.69 Å². The molecule has 1 fully saturated rings. The van der Waals surface area contributed by atoms with Crippen molar-refractivity contribution in [1.29, 1.82) is 0 Å². The summed E-state index contributed by atoms with van der Waals surface area (Å²) in [5.41, 5.74) is 6.33. The number of benzene rings is 1. The Labute approximate surface area is 151 Å². The van der Waals surface area contributed by atoms with Crippen LogP contribution in [0.4, 0.5) is 16.2 Å². The van der Waals surface area contributed by atoms with E-state index >= 15 is 0 Å². The quantitative estimate of drug-likeness (QED) is 0.816. The van der Waals surface area contributed by atoms with E-state index in [4.69, 9.17) is 20.0 Å². The van der Waals surface area contributed by atoms with Gasteiger partial charge in [-0.1, -0.05) is 5.16 Å². The van der Waals surface area contributed by atoms with Crippen molar-refractivity contribution >= 4 is 29.2 Å². The van der Waals surface area contributed by atoms with Crippen molar-refractivity contribution in [2.45, 2.75) is 32.4 Å². The molecule has 9 heteroatoms. The van der Waals surface area contributed by atoms with Crippen LogP contribution in [-0.2, 0) is 14.4 Å². The van der Waals surface area contributed by atoms with Crippen molar-refractivity contribution in [1.82, 2.24) is 0 Å². The van der Waals surface area contributed by atoms with Crippen LogP contribution in [0.2, 0.25) is 0 Å². The van der Waals surface area contributed by atoms with Gasteiger partial charge in [-0.25, -0.2) is 4.79 Å². The summed E-state index contributed by atoms with van der Waals surface area (Å²) >= 11 is 0. The predicted molar refractivity (Wildman–Crippen MR) is 95.4 cm³/mol. The standard InChI is InChI=1S/C17H22N4O5/c1-17(2,3)21-11-6-5-10(7-12(11)25-9-14(21)19-24-4)20-8-13(15(18)22)26-16(20)23/h5-7,13H,8-9H2,1-4H3,(H2,18,22)/t13-/m1/s1. The maximum Gasteiger partial charge on any atom is 0.415 e. The van der Waals surface area contributed by atoms with Gasteiger partial charge in [0.25, 0.3) is 5.91 Å². The number of oxime groups is 1. The maximum absolute atomic E-state index is 12.0. The van der Waals surface area contributed by atoms with E-state index in [2.05, 4.69) is 25.9 Å². The summed E-state index contributed by atoms with van der Waals surface area (Å²) in [6.45, 7) is 6.46. The molecule has 1 atom stereocenters. The minimum atomic E-state index is -0.953. The smallest absolute Gasteiger partial charge is 0.415 e. The molecule has 2 aliphatic rings. The minimum Gasteiger partial charge on any atom is -0.483 e. The van der Waals surface area contributed by atoms with Crippen LogP contribution in [0.25, 0.3) is 0 Å². The summed E-state index contributed by atoms with van der Waals surface area (Å²) in [5, 5.41) is 4.05. The first-order valence-electron chi connectivity index (χ1n) is 8.17. The second kappa shape index (κ2) is 6.40. The third-order valence-corrected chi connectivity index (χ3v) is 4.11. The molecule has 0 aromatic heterocycles. The average Bonchev–Trinajstić information content (AvgIpc) is 2.95. The van der Waals surface area contributed by atoms with Crippen molar-refractivity contribution in [2.75, 3.05) is 30.1 Å². The highest BCUT2D eigenvalue weighted by atomic mass is 16.6. The van der Waals surface area contributed by atoms with Gasteiger partial charge in [-0.15, -0.1) is 0 Å². The number of hydrogen-bond donors (Lipinski definition) is 1. The van der Waals surface area contributed by atoms with E-state index < -0.39 is 18.1 Å². The molecule has 9 nitrogen and oxygen atoms in total. The number of nitrogens with zero attached hydrogens (tertiary/aromatic N) is 3. The molecule has 0 radical (unpaired) electrons. The van der Waals surface area contributed by atoms with E-state index in [0.29, 0.717) is 17.3 Å². The molecule has 2 N–H and O–H groups in total. The number of fused-ring (bicyclic) bond motifs is 1. The molecule has 0 bridgehead atoms. The highest BCUT2D eigenvalue weighted by Crippen LogP contribution is 2.40. The van der Waals surface area contributed by atoms with Gasteiger partial charge in [0.15, 0.2) is 11.9 Å². The number of amidine groups is 1. The van der Waals surface area contributed by atoms with Crippen LogP contribution in [0.3, 0.4) is 0 Å². The molecule has 0 saturated carbocycles. The lowest BCUT2D eigenvalue weighted by molar-refractivity contribution is -0.124. The van der Waals surface area contributed by atoms with Crippen molar-refractivity contribution < 1.29 is 23.9 Å². The van der Waals surface area contributed by atoms with Gasteiger partial charge < -0.3 is 24.9 Å². The van der Waals surface area contributed by atoms with Gasteiger partial charge in [0.1, 0.15) is 19.5 Å². The largest absolute Gasteiger partial charge is 0.483 e. The van der Waals surface area contributed by atoms with Crippen LogP contribution in [0.1, 0.15) is 20.8 Å². The number of carbonyl (C=O) groups excluding carboxylic acids is 2. The number of amides is 2. The van der Waals surface area contributed by atoms with Crippen LogP contribution >= 0.6 is 0 Å². The molecule has 0 unspecified atom stereocenters. The Morgan fingerprint density at radius 1 is 1.38 bits per heavy atom. The van der Waals surface area contributed by atoms with Crippen LogP contribution in [-0.4, -0.2) is 49.7 Å². The molecule has 1 aromatic carbocycles.